The van der Waals surface area contributed by atoms with Gasteiger partial charge in [0.25, 0.3) is 0 Å². The molecule has 2 aromatic heterocycles. The number of halogens is 1. The molecule has 0 aromatic carbocycles. The lowest BCUT2D eigenvalue weighted by molar-refractivity contribution is 0.401. The molecular weight excluding hydrogens is 250 g/mol. The maximum Gasteiger partial charge on any atom is 0.142 e. The van der Waals surface area contributed by atoms with E-state index >= 15 is 0 Å². The molecule has 0 aliphatic heterocycles. The van der Waals surface area contributed by atoms with E-state index in [0.717, 1.165) is 17.1 Å². The van der Waals surface area contributed by atoms with E-state index in [1.807, 2.05) is 31.3 Å². The van der Waals surface area contributed by atoms with Gasteiger partial charge in [-0.15, -0.1) is 0 Å². The van der Waals surface area contributed by atoms with E-state index in [9.17, 15) is 0 Å². The predicted molar refractivity (Wildman–Crippen MR) is 70.9 cm³/mol. The van der Waals surface area contributed by atoms with Crippen LogP contribution < -0.4 is 10.1 Å². The summed E-state index contributed by atoms with van der Waals surface area (Å²) in [7, 11) is 3.48. The summed E-state index contributed by atoms with van der Waals surface area (Å²) in [4.78, 5) is 8.67. The van der Waals surface area contributed by atoms with Crippen molar-refractivity contribution in [3.63, 3.8) is 0 Å². The number of pyridine rings is 2. The summed E-state index contributed by atoms with van der Waals surface area (Å²) in [5.41, 5.74) is 1.65. The Hall–Kier alpha value is -1.65. The summed E-state index contributed by atoms with van der Waals surface area (Å²) in [5, 5.41) is 3.79. The summed E-state index contributed by atoms with van der Waals surface area (Å²) in [6, 6.07) is 7.27. The Balaban J connectivity index is 2.41. The van der Waals surface area contributed by atoms with E-state index in [2.05, 4.69) is 15.3 Å². The highest BCUT2D eigenvalue weighted by Gasteiger charge is 2.18. The Kier molecular flexibility index (Phi) is 4.12. The Morgan fingerprint density at radius 2 is 2.11 bits per heavy atom. The Labute approximate surface area is 111 Å². The van der Waals surface area contributed by atoms with Crippen molar-refractivity contribution in [2.75, 3.05) is 14.2 Å². The number of ether oxygens (including phenoxy) is 1. The van der Waals surface area contributed by atoms with Crippen LogP contribution in [0.1, 0.15) is 17.4 Å². The minimum atomic E-state index is -0.126. The van der Waals surface area contributed by atoms with Gasteiger partial charge in [0.1, 0.15) is 11.4 Å². The molecule has 1 atom stereocenters. The zero-order valence-electron chi connectivity index (χ0n) is 10.2. The van der Waals surface area contributed by atoms with Gasteiger partial charge in [0.15, 0.2) is 0 Å². The Bertz CT molecular complexity index is 516. The lowest BCUT2D eigenvalue weighted by Gasteiger charge is -2.17. The van der Waals surface area contributed by atoms with Crippen LogP contribution in [-0.2, 0) is 0 Å². The molecule has 94 valence electrons. The molecule has 0 bridgehead atoms. The molecule has 0 spiro atoms. The second-order valence-electron chi connectivity index (χ2n) is 3.71. The smallest absolute Gasteiger partial charge is 0.142 e. The van der Waals surface area contributed by atoms with Crippen LogP contribution in [0.5, 0.6) is 5.75 Å². The van der Waals surface area contributed by atoms with Crippen molar-refractivity contribution in [2.24, 2.45) is 0 Å². The first-order valence-electron chi connectivity index (χ1n) is 5.54. The third-order valence-corrected chi connectivity index (χ3v) is 2.85. The summed E-state index contributed by atoms with van der Waals surface area (Å²) in [5.74, 6) is 0.730. The van der Waals surface area contributed by atoms with Gasteiger partial charge in [0.2, 0.25) is 0 Å². The van der Waals surface area contributed by atoms with E-state index in [1.165, 1.54) is 0 Å². The quantitative estimate of drug-likeness (QED) is 0.920. The molecule has 2 aromatic rings. The summed E-state index contributed by atoms with van der Waals surface area (Å²) >= 11 is 5.84. The van der Waals surface area contributed by atoms with Crippen molar-refractivity contribution in [1.29, 1.82) is 0 Å². The molecular formula is C13H14ClN3O. The van der Waals surface area contributed by atoms with Crippen LogP contribution in [0.2, 0.25) is 5.02 Å². The molecule has 2 rings (SSSR count). The molecule has 1 unspecified atom stereocenters. The minimum Gasteiger partial charge on any atom is -0.495 e. The third-order valence-electron chi connectivity index (χ3n) is 2.63. The number of nitrogens with one attached hydrogen (secondary N) is 1. The Morgan fingerprint density at radius 3 is 2.72 bits per heavy atom. The van der Waals surface area contributed by atoms with Crippen molar-refractivity contribution < 1.29 is 4.74 Å². The normalized spacial score (nSPS) is 12.2. The number of hydrogen-bond acceptors (Lipinski definition) is 4. The van der Waals surface area contributed by atoms with Crippen LogP contribution in [0, 0.1) is 0 Å². The highest BCUT2D eigenvalue weighted by molar-refractivity contribution is 6.30. The number of aromatic nitrogens is 2. The van der Waals surface area contributed by atoms with Gasteiger partial charge in [0.05, 0.1) is 23.9 Å². The van der Waals surface area contributed by atoms with Gasteiger partial charge >= 0.3 is 0 Å². The molecule has 1 N–H and O–H groups in total. The largest absolute Gasteiger partial charge is 0.495 e. The molecule has 0 aliphatic carbocycles. The molecule has 0 saturated heterocycles. The monoisotopic (exact) mass is 263 g/mol. The van der Waals surface area contributed by atoms with Crippen LogP contribution in [0.25, 0.3) is 0 Å². The standard InChI is InChI=1S/C13H14ClN3O/c1-15-12(10-6-5-9(14)8-17-10)13-11(18-2)4-3-7-16-13/h3-8,12,15H,1-2H3. The van der Waals surface area contributed by atoms with Crippen molar-refractivity contribution in [2.45, 2.75) is 6.04 Å². The van der Waals surface area contributed by atoms with E-state index in [-0.39, 0.29) is 6.04 Å². The summed E-state index contributed by atoms with van der Waals surface area (Å²) in [6.45, 7) is 0. The maximum absolute atomic E-state index is 5.84. The minimum absolute atomic E-state index is 0.126. The van der Waals surface area contributed by atoms with E-state index < -0.39 is 0 Å². The predicted octanol–water partition coefficient (Wildman–Crippen LogP) is 2.45. The van der Waals surface area contributed by atoms with Gasteiger partial charge in [-0.1, -0.05) is 11.6 Å². The fourth-order valence-electron chi connectivity index (χ4n) is 1.77. The first-order chi connectivity index (χ1) is 8.76. The number of methoxy groups -OCH3 is 1. The Morgan fingerprint density at radius 1 is 1.28 bits per heavy atom. The van der Waals surface area contributed by atoms with Gasteiger partial charge < -0.3 is 10.1 Å². The first-order valence-corrected chi connectivity index (χ1v) is 5.91. The number of hydrogen-bond donors (Lipinski definition) is 1. The van der Waals surface area contributed by atoms with Crippen LogP contribution >= 0.6 is 11.6 Å². The molecule has 0 saturated carbocycles. The van der Waals surface area contributed by atoms with Crippen molar-refractivity contribution in [1.82, 2.24) is 15.3 Å². The SMILES string of the molecule is CNC(c1ccc(Cl)cn1)c1ncccc1OC. The van der Waals surface area contributed by atoms with Crippen molar-refractivity contribution in [3.05, 3.63) is 53.1 Å². The fourth-order valence-corrected chi connectivity index (χ4v) is 1.89. The van der Waals surface area contributed by atoms with Crippen molar-refractivity contribution in [3.8, 4) is 5.75 Å². The zero-order chi connectivity index (χ0) is 13.0. The molecule has 0 fully saturated rings. The van der Waals surface area contributed by atoms with Crippen LogP contribution in [0.15, 0.2) is 36.7 Å². The molecule has 5 heteroatoms. The number of nitrogens with zero attached hydrogens (tertiary/aromatic N) is 2. The summed E-state index contributed by atoms with van der Waals surface area (Å²) in [6.07, 6.45) is 3.36. The van der Waals surface area contributed by atoms with Crippen molar-refractivity contribution >= 4 is 11.6 Å². The lowest BCUT2D eigenvalue weighted by Crippen LogP contribution is -2.20. The highest BCUT2D eigenvalue weighted by Crippen LogP contribution is 2.26. The number of rotatable bonds is 4. The molecule has 0 aliphatic rings. The van der Waals surface area contributed by atoms with Gasteiger partial charge in [0, 0.05) is 12.4 Å². The van der Waals surface area contributed by atoms with Crippen LogP contribution in [-0.4, -0.2) is 24.1 Å². The second kappa shape index (κ2) is 5.80. The van der Waals surface area contributed by atoms with E-state index in [4.69, 9.17) is 16.3 Å². The van der Waals surface area contributed by atoms with Crippen LogP contribution in [0.3, 0.4) is 0 Å². The fraction of sp³-hybridized carbons (Fsp3) is 0.231. The van der Waals surface area contributed by atoms with E-state index in [0.29, 0.717) is 5.02 Å². The molecule has 4 nitrogen and oxygen atoms in total. The zero-order valence-corrected chi connectivity index (χ0v) is 11.0. The molecule has 0 amide bonds. The lowest BCUT2D eigenvalue weighted by atomic mass is 10.1. The molecule has 2 heterocycles. The van der Waals surface area contributed by atoms with Gasteiger partial charge in [-0.05, 0) is 31.3 Å². The van der Waals surface area contributed by atoms with Gasteiger partial charge in [-0.2, -0.15) is 0 Å². The topological polar surface area (TPSA) is 47.0 Å². The summed E-state index contributed by atoms with van der Waals surface area (Å²) < 4.78 is 5.32. The third kappa shape index (κ3) is 2.60. The average molecular weight is 264 g/mol. The highest BCUT2D eigenvalue weighted by atomic mass is 35.5. The second-order valence-corrected chi connectivity index (χ2v) is 4.15. The van der Waals surface area contributed by atoms with Gasteiger partial charge in [-0.25, -0.2) is 0 Å². The first kappa shape index (κ1) is 12.8. The average Bonchev–Trinajstić information content (AvgIpc) is 2.42. The van der Waals surface area contributed by atoms with Gasteiger partial charge in [-0.3, -0.25) is 9.97 Å². The van der Waals surface area contributed by atoms with E-state index in [1.54, 1.807) is 19.5 Å². The maximum atomic E-state index is 5.84. The van der Waals surface area contributed by atoms with Crippen LogP contribution in [0.4, 0.5) is 0 Å². The molecule has 0 radical (unpaired) electrons. The molecule has 18 heavy (non-hydrogen) atoms.